The molecule has 6 heteroatoms. The Bertz CT molecular complexity index is 597. The lowest BCUT2D eigenvalue weighted by Gasteiger charge is -2.41. The van der Waals surface area contributed by atoms with E-state index in [0.29, 0.717) is 25.8 Å². The number of benzene rings is 1. The van der Waals surface area contributed by atoms with Crippen LogP contribution in [0.4, 0.5) is 4.79 Å². The first kappa shape index (κ1) is 16.0. The third kappa shape index (κ3) is 3.10. The standard InChI is InChI=1S/C16H21N3O3/c1-11-5-7-12(8-6-11)10-18-15(22)19-13(17)4-3-9-16(19,2)14(20)21/h5-8,17H,3-4,9-10H2,1-2H3,(H,18,22)(H,20,21). The summed E-state index contributed by atoms with van der Waals surface area (Å²) in [7, 11) is 0. The molecule has 2 amide bonds. The monoisotopic (exact) mass is 303 g/mol. The zero-order valence-electron chi connectivity index (χ0n) is 12.8. The molecule has 1 aromatic rings. The Labute approximate surface area is 129 Å². The quantitative estimate of drug-likeness (QED) is 0.801. The summed E-state index contributed by atoms with van der Waals surface area (Å²) in [5.41, 5.74) is 0.707. The first-order chi connectivity index (χ1) is 10.3. The van der Waals surface area contributed by atoms with Gasteiger partial charge in [-0.1, -0.05) is 29.8 Å². The van der Waals surface area contributed by atoms with Crippen LogP contribution in [0.5, 0.6) is 0 Å². The van der Waals surface area contributed by atoms with Crippen LogP contribution in [-0.4, -0.2) is 33.4 Å². The molecule has 1 unspecified atom stereocenters. The Hall–Kier alpha value is -2.37. The van der Waals surface area contributed by atoms with E-state index < -0.39 is 17.5 Å². The molecule has 2 rings (SSSR count). The molecular formula is C16H21N3O3. The SMILES string of the molecule is Cc1ccc(CNC(=O)N2C(=N)CCCC2(C)C(=O)O)cc1. The Morgan fingerprint density at radius 2 is 2.00 bits per heavy atom. The zero-order chi connectivity index (χ0) is 16.3. The van der Waals surface area contributed by atoms with Gasteiger partial charge in [-0.3, -0.25) is 10.3 Å². The van der Waals surface area contributed by atoms with Gasteiger partial charge in [0.05, 0.1) is 0 Å². The van der Waals surface area contributed by atoms with E-state index in [4.69, 9.17) is 5.41 Å². The number of amidine groups is 1. The number of carbonyl (C=O) groups excluding carboxylic acids is 1. The second-order valence-corrected chi connectivity index (χ2v) is 5.86. The van der Waals surface area contributed by atoms with E-state index in [1.54, 1.807) is 0 Å². The fraction of sp³-hybridized carbons (Fsp3) is 0.438. The van der Waals surface area contributed by atoms with Crippen molar-refractivity contribution in [3.05, 3.63) is 35.4 Å². The highest BCUT2D eigenvalue weighted by molar-refractivity contribution is 6.02. The van der Waals surface area contributed by atoms with Gasteiger partial charge in [0.25, 0.3) is 0 Å². The Balaban J connectivity index is 2.10. The summed E-state index contributed by atoms with van der Waals surface area (Å²) in [4.78, 5) is 25.0. The van der Waals surface area contributed by atoms with Crippen molar-refractivity contribution in [3.63, 3.8) is 0 Å². The van der Waals surface area contributed by atoms with Crippen LogP contribution in [0.1, 0.15) is 37.3 Å². The molecule has 1 heterocycles. The maximum Gasteiger partial charge on any atom is 0.329 e. The molecule has 0 radical (unpaired) electrons. The average molecular weight is 303 g/mol. The minimum atomic E-state index is -1.35. The van der Waals surface area contributed by atoms with E-state index in [2.05, 4.69) is 5.32 Å². The van der Waals surface area contributed by atoms with Crippen molar-refractivity contribution < 1.29 is 14.7 Å². The highest BCUT2D eigenvalue weighted by Gasteiger charge is 2.46. The molecule has 0 saturated carbocycles. The van der Waals surface area contributed by atoms with Crippen molar-refractivity contribution in [1.29, 1.82) is 5.41 Å². The number of carboxylic acids is 1. The number of rotatable bonds is 3. The summed E-state index contributed by atoms with van der Waals surface area (Å²) in [5, 5.41) is 20.1. The molecule has 0 bridgehead atoms. The van der Waals surface area contributed by atoms with Crippen LogP contribution in [0.2, 0.25) is 0 Å². The molecule has 0 aromatic heterocycles. The molecule has 3 N–H and O–H groups in total. The summed E-state index contributed by atoms with van der Waals surface area (Å²) in [5.74, 6) is -1.03. The minimum absolute atomic E-state index is 0.0533. The van der Waals surface area contributed by atoms with Crippen molar-refractivity contribution in [1.82, 2.24) is 10.2 Å². The van der Waals surface area contributed by atoms with Gasteiger partial charge in [-0.05, 0) is 32.3 Å². The van der Waals surface area contributed by atoms with E-state index in [1.165, 1.54) is 6.92 Å². The lowest BCUT2D eigenvalue weighted by molar-refractivity contribution is -0.147. The number of aliphatic carboxylic acids is 1. The number of hydrogen-bond donors (Lipinski definition) is 3. The van der Waals surface area contributed by atoms with Gasteiger partial charge in [0.1, 0.15) is 11.4 Å². The predicted octanol–water partition coefficient (Wildman–Crippen LogP) is 2.51. The van der Waals surface area contributed by atoms with Crippen LogP contribution in [0.25, 0.3) is 0 Å². The first-order valence-electron chi connectivity index (χ1n) is 7.29. The van der Waals surface area contributed by atoms with Crippen molar-refractivity contribution in [2.75, 3.05) is 0 Å². The molecule has 1 atom stereocenters. The summed E-state index contributed by atoms with van der Waals surface area (Å²) < 4.78 is 0. The van der Waals surface area contributed by atoms with Crippen molar-refractivity contribution >= 4 is 17.8 Å². The molecule has 1 aliphatic rings. The lowest BCUT2D eigenvalue weighted by atomic mass is 9.88. The van der Waals surface area contributed by atoms with E-state index in [-0.39, 0.29) is 5.84 Å². The van der Waals surface area contributed by atoms with Crippen LogP contribution in [0, 0.1) is 12.3 Å². The van der Waals surface area contributed by atoms with Gasteiger partial charge in [-0.2, -0.15) is 0 Å². The fourth-order valence-corrected chi connectivity index (χ4v) is 2.63. The molecule has 1 fully saturated rings. The van der Waals surface area contributed by atoms with E-state index in [0.717, 1.165) is 16.0 Å². The van der Waals surface area contributed by atoms with Crippen LogP contribution >= 0.6 is 0 Å². The van der Waals surface area contributed by atoms with Gasteiger partial charge < -0.3 is 10.4 Å². The Morgan fingerprint density at radius 3 is 2.59 bits per heavy atom. The highest BCUT2D eigenvalue weighted by atomic mass is 16.4. The topological polar surface area (TPSA) is 93.5 Å². The van der Waals surface area contributed by atoms with Crippen LogP contribution < -0.4 is 5.32 Å². The third-order valence-corrected chi connectivity index (χ3v) is 4.07. The van der Waals surface area contributed by atoms with Gasteiger partial charge >= 0.3 is 12.0 Å². The summed E-state index contributed by atoms with van der Waals surface area (Å²) in [6.07, 6.45) is 1.37. The van der Waals surface area contributed by atoms with Crippen molar-refractivity contribution in [2.24, 2.45) is 0 Å². The molecule has 0 aliphatic carbocycles. The fourth-order valence-electron chi connectivity index (χ4n) is 2.63. The van der Waals surface area contributed by atoms with Crippen LogP contribution in [-0.2, 0) is 11.3 Å². The number of aryl methyl sites for hydroxylation is 1. The molecule has 1 saturated heterocycles. The maximum atomic E-state index is 12.4. The normalized spacial score (nSPS) is 21.5. The number of amides is 2. The number of nitrogens with zero attached hydrogens (tertiary/aromatic N) is 1. The molecular weight excluding hydrogens is 282 g/mol. The van der Waals surface area contributed by atoms with Crippen LogP contribution in [0.15, 0.2) is 24.3 Å². The van der Waals surface area contributed by atoms with Gasteiger partial charge in [0.15, 0.2) is 0 Å². The van der Waals surface area contributed by atoms with Crippen LogP contribution in [0.3, 0.4) is 0 Å². The molecule has 1 aliphatic heterocycles. The number of carboxylic acid groups (broad SMARTS) is 1. The van der Waals surface area contributed by atoms with Crippen molar-refractivity contribution in [3.8, 4) is 0 Å². The van der Waals surface area contributed by atoms with E-state index >= 15 is 0 Å². The lowest BCUT2D eigenvalue weighted by Crippen LogP contribution is -2.61. The van der Waals surface area contributed by atoms with Gasteiger partial charge in [0.2, 0.25) is 0 Å². The Kier molecular flexibility index (Phi) is 4.49. The number of piperidine rings is 1. The zero-order valence-corrected chi connectivity index (χ0v) is 12.8. The summed E-state index contributed by atoms with van der Waals surface area (Å²) >= 11 is 0. The molecule has 6 nitrogen and oxygen atoms in total. The van der Waals surface area contributed by atoms with Gasteiger partial charge in [-0.25, -0.2) is 9.59 Å². The number of urea groups is 1. The van der Waals surface area contributed by atoms with E-state index in [1.807, 2.05) is 31.2 Å². The highest BCUT2D eigenvalue weighted by Crippen LogP contribution is 2.29. The van der Waals surface area contributed by atoms with Crippen molar-refractivity contribution in [2.45, 2.75) is 45.2 Å². The minimum Gasteiger partial charge on any atom is -0.479 e. The number of carbonyl (C=O) groups is 2. The molecule has 0 spiro atoms. The maximum absolute atomic E-state index is 12.4. The second-order valence-electron chi connectivity index (χ2n) is 5.86. The predicted molar refractivity (Wildman–Crippen MR) is 82.9 cm³/mol. The summed E-state index contributed by atoms with van der Waals surface area (Å²) in [6, 6.07) is 7.19. The molecule has 22 heavy (non-hydrogen) atoms. The average Bonchev–Trinajstić information content (AvgIpc) is 2.46. The third-order valence-electron chi connectivity index (χ3n) is 4.07. The summed E-state index contributed by atoms with van der Waals surface area (Å²) in [6.45, 7) is 3.78. The van der Waals surface area contributed by atoms with Gasteiger partial charge in [-0.15, -0.1) is 0 Å². The molecule has 118 valence electrons. The first-order valence-corrected chi connectivity index (χ1v) is 7.29. The smallest absolute Gasteiger partial charge is 0.329 e. The number of hydrogen-bond acceptors (Lipinski definition) is 3. The number of likely N-dealkylation sites (tertiary alicyclic amines) is 1. The largest absolute Gasteiger partial charge is 0.479 e. The number of nitrogens with one attached hydrogen (secondary N) is 2. The van der Waals surface area contributed by atoms with Gasteiger partial charge in [0, 0.05) is 13.0 Å². The van der Waals surface area contributed by atoms with E-state index in [9.17, 15) is 14.7 Å². The molecule has 1 aromatic carbocycles. The second kappa shape index (κ2) is 6.17. The Morgan fingerprint density at radius 1 is 1.36 bits per heavy atom.